The molecule has 1 N–H and O–H groups in total. The van der Waals surface area contributed by atoms with Crippen molar-refractivity contribution in [3.05, 3.63) is 18.3 Å². The maximum Gasteiger partial charge on any atom is 0.240 e. The Balaban J connectivity index is 1.43. The molecule has 2 aliphatic heterocycles. The molecule has 26 heavy (non-hydrogen) atoms. The Kier molecular flexibility index (Phi) is 6.53. The highest BCUT2D eigenvalue weighted by Crippen LogP contribution is 2.32. The molecule has 2 aliphatic rings. The van der Waals surface area contributed by atoms with Gasteiger partial charge in [0.05, 0.1) is 11.4 Å². The lowest BCUT2D eigenvalue weighted by Crippen LogP contribution is -2.44. The van der Waals surface area contributed by atoms with Gasteiger partial charge < -0.3 is 10.2 Å². The van der Waals surface area contributed by atoms with Crippen LogP contribution in [0.4, 0.5) is 5.69 Å². The third-order valence-electron chi connectivity index (χ3n) is 4.89. The second-order valence-electron chi connectivity index (χ2n) is 7.51. The van der Waals surface area contributed by atoms with Crippen molar-refractivity contribution in [3.8, 4) is 0 Å². The van der Waals surface area contributed by atoms with Crippen LogP contribution in [0.1, 0.15) is 26.7 Å². The number of carbonyl (C=O) groups excluding carboxylic acids is 2. The Morgan fingerprint density at radius 1 is 1.35 bits per heavy atom. The molecule has 3 rings (SSSR count). The summed E-state index contributed by atoms with van der Waals surface area (Å²) in [6.45, 7) is 8.66. The van der Waals surface area contributed by atoms with Gasteiger partial charge in [0.25, 0.3) is 0 Å². The zero-order valence-electron chi connectivity index (χ0n) is 15.6. The van der Waals surface area contributed by atoms with Gasteiger partial charge in [-0.05, 0) is 43.4 Å². The van der Waals surface area contributed by atoms with Gasteiger partial charge >= 0.3 is 0 Å². The van der Waals surface area contributed by atoms with E-state index in [9.17, 15) is 9.59 Å². The van der Waals surface area contributed by atoms with E-state index in [2.05, 4.69) is 29.0 Å². The lowest BCUT2D eigenvalue weighted by molar-refractivity contribution is -0.123. The number of hydrogen-bond donors (Lipinski definition) is 1. The summed E-state index contributed by atoms with van der Waals surface area (Å²) in [4.78, 5) is 32.8. The van der Waals surface area contributed by atoms with Gasteiger partial charge in [-0.25, -0.2) is 4.98 Å². The van der Waals surface area contributed by atoms with Gasteiger partial charge in [0.2, 0.25) is 11.8 Å². The van der Waals surface area contributed by atoms with Gasteiger partial charge in [-0.1, -0.05) is 25.6 Å². The van der Waals surface area contributed by atoms with Gasteiger partial charge in [0, 0.05) is 25.8 Å². The number of nitrogens with zero attached hydrogens (tertiary/aromatic N) is 3. The second kappa shape index (κ2) is 8.86. The van der Waals surface area contributed by atoms with Crippen molar-refractivity contribution in [1.82, 2.24) is 15.2 Å². The lowest BCUT2D eigenvalue weighted by atomic mass is 9.92. The average Bonchev–Trinajstić information content (AvgIpc) is 2.60. The van der Waals surface area contributed by atoms with Crippen LogP contribution in [-0.4, -0.2) is 60.2 Å². The van der Waals surface area contributed by atoms with Gasteiger partial charge in [-0.3, -0.25) is 14.5 Å². The number of piperidine rings is 1. The number of nitrogens with one attached hydrogen (secondary N) is 1. The van der Waals surface area contributed by atoms with Crippen molar-refractivity contribution in [1.29, 1.82) is 0 Å². The number of rotatable bonds is 6. The molecule has 0 spiro atoms. The highest BCUT2D eigenvalue weighted by Gasteiger charge is 2.27. The fraction of sp³-hybridized carbons (Fsp3) is 0.632. The summed E-state index contributed by atoms with van der Waals surface area (Å²) in [6.07, 6.45) is 3.96. The number of thioether (sulfide) groups is 1. The van der Waals surface area contributed by atoms with Crippen molar-refractivity contribution < 1.29 is 9.59 Å². The van der Waals surface area contributed by atoms with Gasteiger partial charge in [-0.2, -0.15) is 0 Å². The van der Waals surface area contributed by atoms with E-state index in [1.807, 2.05) is 6.07 Å². The van der Waals surface area contributed by atoms with Crippen LogP contribution >= 0.6 is 11.8 Å². The highest BCUT2D eigenvalue weighted by molar-refractivity contribution is 8.00. The van der Waals surface area contributed by atoms with Crippen molar-refractivity contribution in [2.45, 2.75) is 31.7 Å². The van der Waals surface area contributed by atoms with Gasteiger partial charge in [0.15, 0.2) is 0 Å². The summed E-state index contributed by atoms with van der Waals surface area (Å²) >= 11 is 1.43. The minimum absolute atomic E-state index is 0.0399. The van der Waals surface area contributed by atoms with Crippen LogP contribution in [0.5, 0.6) is 0 Å². The van der Waals surface area contributed by atoms with Crippen LogP contribution in [0.3, 0.4) is 0 Å². The molecule has 0 unspecified atom stereocenters. The van der Waals surface area contributed by atoms with Crippen LogP contribution in [0, 0.1) is 11.8 Å². The topological polar surface area (TPSA) is 65.5 Å². The third-order valence-corrected chi connectivity index (χ3v) is 5.87. The Hall–Kier alpha value is -1.60. The molecule has 0 aromatic carbocycles. The van der Waals surface area contributed by atoms with E-state index in [0.29, 0.717) is 12.3 Å². The molecule has 142 valence electrons. The summed E-state index contributed by atoms with van der Waals surface area (Å²) in [6, 6.07) is 3.64. The summed E-state index contributed by atoms with van der Waals surface area (Å²) in [5.41, 5.74) is 0.736. The number of hydrogen-bond acceptors (Lipinski definition) is 5. The van der Waals surface area contributed by atoms with Crippen molar-refractivity contribution in [3.63, 3.8) is 0 Å². The number of aromatic nitrogens is 1. The lowest BCUT2D eigenvalue weighted by Gasteiger charge is -2.35. The first-order valence-electron chi connectivity index (χ1n) is 9.40. The SMILES string of the molecule is C[C@H]1C[C@H](C)CN(CCCNC(=O)CN2C(=O)CSc3ncccc32)C1. The molecule has 2 amide bonds. The van der Waals surface area contributed by atoms with Crippen molar-refractivity contribution in [2.24, 2.45) is 11.8 Å². The van der Waals surface area contributed by atoms with Crippen molar-refractivity contribution >= 4 is 29.3 Å². The molecular formula is C19H28N4O2S. The molecule has 7 heteroatoms. The molecule has 0 bridgehead atoms. The molecule has 6 nitrogen and oxygen atoms in total. The molecule has 1 saturated heterocycles. The number of amides is 2. The molecule has 2 atom stereocenters. The largest absolute Gasteiger partial charge is 0.355 e. The quantitative estimate of drug-likeness (QED) is 0.770. The van der Waals surface area contributed by atoms with Crippen molar-refractivity contribution in [2.75, 3.05) is 43.4 Å². The molecule has 3 heterocycles. The fourth-order valence-corrected chi connectivity index (χ4v) is 4.80. The van der Waals surface area contributed by atoms with Crippen LogP contribution in [0.2, 0.25) is 0 Å². The first-order chi connectivity index (χ1) is 12.5. The smallest absolute Gasteiger partial charge is 0.240 e. The Morgan fingerprint density at radius 3 is 2.88 bits per heavy atom. The number of pyridine rings is 1. The average molecular weight is 377 g/mol. The number of likely N-dealkylation sites (tertiary alicyclic amines) is 1. The highest BCUT2D eigenvalue weighted by atomic mass is 32.2. The van der Waals surface area contributed by atoms with Crippen LogP contribution in [0.15, 0.2) is 23.4 Å². The molecule has 0 radical (unpaired) electrons. The van der Waals surface area contributed by atoms with E-state index in [0.717, 1.165) is 48.6 Å². The number of anilines is 1. The predicted molar refractivity (Wildman–Crippen MR) is 104 cm³/mol. The molecule has 1 aromatic rings. The predicted octanol–water partition coefficient (Wildman–Crippen LogP) is 2.00. The summed E-state index contributed by atoms with van der Waals surface area (Å²) < 4.78 is 0. The van der Waals surface area contributed by atoms with Crippen LogP contribution in [0.25, 0.3) is 0 Å². The van der Waals surface area contributed by atoms with E-state index in [4.69, 9.17) is 0 Å². The molecular weight excluding hydrogens is 348 g/mol. The molecule has 0 saturated carbocycles. The second-order valence-corrected chi connectivity index (χ2v) is 8.47. The van der Waals surface area contributed by atoms with E-state index in [-0.39, 0.29) is 18.4 Å². The third kappa shape index (κ3) is 4.98. The van der Waals surface area contributed by atoms with E-state index in [1.165, 1.54) is 18.2 Å². The van der Waals surface area contributed by atoms with E-state index >= 15 is 0 Å². The maximum atomic E-state index is 12.3. The summed E-state index contributed by atoms with van der Waals surface area (Å²) in [5, 5.41) is 3.77. The number of carbonyl (C=O) groups is 2. The summed E-state index contributed by atoms with van der Waals surface area (Å²) in [5.74, 6) is 1.69. The monoisotopic (exact) mass is 376 g/mol. The first-order valence-corrected chi connectivity index (χ1v) is 10.4. The number of fused-ring (bicyclic) bond motifs is 1. The maximum absolute atomic E-state index is 12.3. The minimum atomic E-state index is -0.111. The van der Waals surface area contributed by atoms with Crippen LogP contribution in [-0.2, 0) is 9.59 Å². The Labute approximate surface area is 159 Å². The van der Waals surface area contributed by atoms with Gasteiger partial charge in [0.1, 0.15) is 11.6 Å². The molecule has 1 fully saturated rings. The van der Waals surface area contributed by atoms with E-state index in [1.54, 1.807) is 17.2 Å². The van der Waals surface area contributed by atoms with Crippen LogP contribution < -0.4 is 10.2 Å². The normalized spacial score (nSPS) is 23.6. The molecule has 0 aliphatic carbocycles. The molecule has 1 aromatic heterocycles. The zero-order chi connectivity index (χ0) is 18.5. The van der Waals surface area contributed by atoms with E-state index < -0.39 is 0 Å². The zero-order valence-corrected chi connectivity index (χ0v) is 16.4. The standard InChI is InChI=1S/C19H28N4O2S/c1-14-9-15(2)11-22(10-14)8-4-7-20-17(24)12-23-16-5-3-6-21-19(16)26-13-18(23)25/h3,5-6,14-15H,4,7-13H2,1-2H3,(H,20,24)/t14-,15-/m0/s1. The minimum Gasteiger partial charge on any atom is -0.355 e. The first kappa shape index (κ1) is 19.2. The Bertz CT molecular complexity index is 644. The summed E-state index contributed by atoms with van der Waals surface area (Å²) in [7, 11) is 0. The Morgan fingerprint density at radius 2 is 2.12 bits per heavy atom. The van der Waals surface area contributed by atoms with Gasteiger partial charge in [-0.15, -0.1) is 0 Å². The fourth-order valence-electron chi connectivity index (χ4n) is 3.92.